The fourth-order valence-electron chi connectivity index (χ4n) is 1.68. The van der Waals surface area contributed by atoms with Gasteiger partial charge < -0.3 is 4.74 Å². The first-order chi connectivity index (χ1) is 6.68. The van der Waals surface area contributed by atoms with Gasteiger partial charge in [0.15, 0.2) is 0 Å². The lowest BCUT2D eigenvalue weighted by Crippen LogP contribution is -2.60. The van der Waals surface area contributed by atoms with Crippen LogP contribution >= 0.6 is 0 Å². The number of nitrogens with two attached hydrogens (primary N) is 1. The Morgan fingerprint density at radius 1 is 1.29 bits per heavy atom. The van der Waals surface area contributed by atoms with Crippen LogP contribution in [0.15, 0.2) is 18.2 Å². The summed E-state index contributed by atoms with van der Waals surface area (Å²) < 4.78 is 5.21. The van der Waals surface area contributed by atoms with Crippen LogP contribution in [0.5, 0.6) is 0 Å². The van der Waals surface area contributed by atoms with Gasteiger partial charge in [0.25, 0.3) is 0 Å². The monoisotopic (exact) mass is 192 g/mol. The van der Waals surface area contributed by atoms with E-state index in [0.717, 1.165) is 0 Å². The summed E-state index contributed by atoms with van der Waals surface area (Å²) in [5.41, 5.74) is 6.52. The average molecular weight is 192 g/mol. The van der Waals surface area contributed by atoms with Gasteiger partial charge in [-0.2, -0.15) is 0 Å². The fourth-order valence-corrected chi connectivity index (χ4v) is 1.68. The van der Waals surface area contributed by atoms with Crippen LogP contribution in [0.2, 0.25) is 0 Å². The highest BCUT2D eigenvalue weighted by Crippen LogP contribution is 2.29. The number of nitrogens with one attached hydrogen (secondary N) is 1. The molecular weight excluding hydrogens is 176 g/mol. The predicted octanol–water partition coefficient (Wildman–Crippen LogP) is 0.992. The molecule has 1 fully saturated rings. The molecule has 1 saturated heterocycles. The Morgan fingerprint density at radius 3 is 2.43 bits per heavy atom. The molecule has 3 heteroatoms. The van der Waals surface area contributed by atoms with E-state index in [0.29, 0.717) is 13.2 Å². The molecule has 14 heavy (non-hydrogen) atoms. The van der Waals surface area contributed by atoms with Crippen molar-refractivity contribution < 1.29 is 4.74 Å². The molecule has 0 saturated carbocycles. The van der Waals surface area contributed by atoms with E-state index >= 15 is 0 Å². The molecule has 1 aromatic rings. The first-order valence-electron chi connectivity index (χ1n) is 4.81. The molecule has 1 heterocycles. The summed E-state index contributed by atoms with van der Waals surface area (Å²) in [6.45, 7) is 5.54. The Kier molecular flexibility index (Phi) is 2.31. The van der Waals surface area contributed by atoms with Crippen LogP contribution in [0.4, 0.5) is 0 Å². The first-order valence-corrected chi connectivity index (χ1v) is 4.81. The van der Waals surface area contributed by atoms with Crippen molar-refractivity contribution in [1.29, 1.82) is 0 Å². The van der Waals surface area contributed by atoms with Crippen molar-refractivity contribution in [2.24, 2.45) is 5.84 Å². The maximum Gasteiger partial charge on any atom is 0.103 e. The van der Waals surface area contributed by atoms with Crippen molar-refractivity contribution in [3.8, 4) is 0 Å². The molecule has 1 aliphatic rings. The minimum absolute atomic E-state index is 0.154. The Hall–Kier alpha value is -0.900. The van der Waals surface area contributed by atoms with Gasteiger partial charge in [0.2, 0.25) is 0 Å². The quantitative estimate of drug-likeness (QED) is 0.542. The molecule has 0 amide bonds. The Bertz CT molecular complexity index is 340. The van der Waals surface area contributed by atoms with Crippen molar-refractivity contribution in [2.45, 2.75) is 19.4 Å². The minimum Gasteiger partial charge on any atom is -0.377 e. The van der Waals surface area contributed by atoms with Gasteiger partial charge in [-0.1, -0.05) is 18.2 Å². The predicted molar refractivity (Wildman–Crippen MR) is 55.7 cm³/mol. The van der Waals surface area contributed by atoms with E-state index in [2.05, 4.69) is 37.5 Å². The topological polar surface area (TPSA) is 47.3 Å². The van der Waals surface area contributed by atoms with Gasteiger partial charge in [0.1, 0.15) is 5.54 Å². The molecule has 3 N–H and O–H groups in total. The molecule has 3 nitrogen and oxygen atoms in total. The van der Waals surface area contributed by atoms with Gasteiger partial charge in [0, 0.05) is 0 Å². The van der Waals surface area contributed by atoms with Crippen molar-refractivity contribution in [3.05, 3.63) is 34.9 Å². The fraction of sp³-hybridized carbons (Fsp3) is 0.455. The molecule has 0 aliphatic carbocycles. The van der Waals surface area contributed by atoms with Crippen LogP contribution in [-0.2, 0) is 10.3 Å². The molecule has 1 aromatic carbocycles. The number of ether oxygens (including phenoxy) is 1. The largest absolute Gasteiger partial charge is 0.377 e. The number of aryl methyl sites for hydroxylation is 2. The number of hydrogen-bond acceptors (Lipinski definition) is 3. The second-order valence-electron chi connectivity index (χ2n) is 4.02. The van der Waals surface area contributed by atoms with E-state index in [4.69, 9.17) is 10.6 Å². The van der Waals surface area contributed by atoms with Crippen LogP contribution in [0.25, 0.3) is 0 Å². The molecule has 0 atom stereocenters. The van der Waals surface area contributed by atoms with E-state index < -0.39 is 0 Å². The van der Waals surface area contributed by atoms with E-state index in [1.165, 1.54) is 16.7 Å². The van der Waals surface area contributed by atoms with Crippen molar-refractivity contribution in [3.63, 3.8) is 0 Å². The third kappa shape index (κ3) is 1.34. The van der Waals surface area contributed by atoms with Crippen molar-refractivity contribution >= 4 is 0 Å². The highest BCUT2D eigenvalue weighted by atomic mass is 16.5. The minimum atomic E-state index is -0.154. The Morgan fingerprint density at radius 2 is 2.00 bits per heavy atom. The zero-order valence-electron chi connectivity index (χ0n) is 8.63. The third-order valence-electron chi connectivity index (χ3n) is 3.03. The smallest absolute Gasteiger partial charge is 0.103 e. The summed E-state index contributed by atoms with van der Waals surface area (Å²) in [6, 6.07) is 6.42. The van der Waals surface area contributed by atoms with Crippen molar-refractivity contribution in [2.75, 3.05) is 13.2 Å². The van der Waals surface area contributed by atoms with Gasteiger partial charge in [-0.25, -0.2) is 5.43 Å². The lowest BCUT2D eigenvalue weighted by molar-refractivity contribution is -0.0787. The van der Waals surface area contributed by atoms with Gasteiger partial charge in [-0.15, -0.1) is 0 Å². The molecule has 0 radical (unpaired) electrons. The van der Waals surface area contributed by atoms with E-state index in [9.17, 15) is 0 Å². The number of benzene rings is 1. The van der Waals surface area contributed by atoms with Crippen LogP contribution in [0, 0.1) is 13.8 Å². The van der Waals surface area contributed by atoms with Gasteiger partial charge in [-0.3, -0.25) is 5.84 Å². The summed E-state index contributed by atoms with van der Waals surface area (Å²) in [4.78, 5) is 0. The number of rotatable bonds is 2. The second-order valence-corrected chi connectivity index (χ2v) is 4.02. The Balaban J connectivity index is 2.36. The number of hydrogen-bond donors (Lipinski definition) is 2. The molecule has 2 rings (SSSR count). The van der Waals surface area contributed by atoms with Crippen LogP contribution in [-0.4, -0.2) is 13.2 Å². The average Bonchev–Trinajstić information content (AvgIpc) is 2.10. The zero-order valence-corrected chi connectivity index (χ0v) is 8.63. The van der Waals surface area contributed by atoms with Crippen molar-refractivity contribution in [1.82, 2.24) is 5.43 Å². The highest BCUT2D eigenvalue weighted by Gasteiger charge is 2.39. The normalized spacial score (nSPS) is 19.1. The third-order valence-corrected chi connectivity index (χ3v) is 3.03. The van der Waals surface area contributed by atoms with E-state index in [1.54, 1.807) is 0 Å². The molecule has 0 unspecified atom stereocenters. The summed E-state index contributed by atoms with van der Waals surface area (Å²) in [6.07, 6.45) is 0. The standard InChI is InChI=1S/C11H16N2O/c1-8-3-4-10(5-9(8)2)11(13-12)6-14-7-11/h3-5,13H,6-7,12H2,1-2H3. The lowest BCUT2D eigenvalue weighted by atomic mass is 9.87. The van der Waals surface area contributed by atoms with Crippen LogP contribution in [0.3, 0.4) is 0 Å². The van der Waals surface area contributed by atoms with Gasteiger partial charge >= 0.3 is 0 Å². The summed E-state index contributed by atoms with van der Waals surface area (Å²) in [7, 11) is 0. The molecule has 0 spiro atoms. The zero-order chi connectivity index (χ0) is 10.2. The Labute approximate surface area is 84.2 Å². The van der Waals surface area contributed by atoms with Crippen LogP contribution < -0.4 is 11.3 Å². The van der Waals surface area contributed by atoms with Gasteiger partial charge in [0.05, 0.1) is 13.2 Å². The first kappa shape index (κ1) is 9.65. The summed E-state index contributed by atoms with van der Waals surface area (Å²) in [5.74, 6) is 5.56. The van der Waals surface area contributed by atoms with Gasteiger partial charge in [-0.05, 0) is 30.5 Å². The number of hydrazine groups is 1. The van der Waals surface area contributed by atoms with E-state index in [-0.39, 0.29) is 5.54 Å². The van der Waals surface area contributed by atoms with Crippen LogP contribution in [0.1, 0.15) is 16.7 Å². The maximum absolute atomic E-state index is 5.56. The van der Waals surface area contributed by atoms with E-state index in [1.807, 2.05) is 0 Å². The lowest BCUT2D eigenvalue weighted by Gasteiger charge is -2.41. The highest BCUT2D eigenvalue weighted by molar-refractivity contribution is 5.35. The molecule has 1 aliphatic heterocycles. The SMILES string of the molecule is Cc1ccc(C2(NN)COC2)cc1C. The second kappa shape index (κ2) is 3.35. The summed E-state index contributed by atoms with van der Waals surface area (Å²) in [5, 5.41) is 0. The molecule has 0 bridgehead atoms. The maximum atomic E-state index is 5.56. The molecular formula is C11H16N2O. The molecule has 76 valence electrons. The molecule has 0 aromatic heterocycles. The summed E-state index contributed by atoms with van der Waals surface area (Å²) >= 11 is 0.